The van der Waals surface area contributed by atoms with Crippen LogP contribution in [0.1, 0.15) is 11.6 Å². The maximum atomic E-state index is 8.61. The number of aromatic nitrogens is 4. The van der Waals surface area contributed by atoms with Crippen LogP contribution in [0.25, 0.3) is 16.7 Å². The first kappa shape index (κ1) is 8.85. The number of nitrogens with zero attached hydrogens (tertiary/aromatic N) is 5. The quantitative estimate of drug-likeness (QED) is 0.607. The topological polar surface area (TPSA) is 80.0 Å². The van der Waals surface area contributed by atoms with Gasteiger partial charge in [0, 0.05) is 0 Å². The van der Waals surface area contributed by atoms with E-state index in [1.165, 1.54) is 0 Å². The minimum Gasteiger partial charge on any atom is -0.446 e. The molecular formula is C10H7N5O. The Balaban J connectivity index is 2.43. The highest BCUT2D eigenvalue weighted by atomic mass is 16.3. The van der Waals surface area contributed by atoms with Crippen LogP contribution in [-0.2, 0) is 6.42 Å². The summed E-state index contributed by atoms with van der Waals surface area (Å²) in [6.45, 7) is 1.82. The predicted octanol–water partition coefficient (Wildman–Crippen LogP) is 1.24. The Labute approximate surface area is 90.1 Å². The van der Waals surface area contributed by atoms with Gasteiger partial charge in [0.15, 0.2) is 11.5 Å². The Kier molecular flexibility index (Phi) is 1.68. The molecule has 0 unspecified atom stereocenters. The van der Waals surface area contributed by atoms with Gasteiger partial charge in [0.1, 0.15) is 5.82 Å². The zero-order valence-electron chi connectivity index (χ0n) is 8.51. The van der Waals surface area contributed by atoms with E-state index in [-0.39, 0.29) is 6.42 Å². The van der Waals surface area contributed by atoms with Crippen LogP contribution in [-0.4, -0.2) is 19.6 Å². The van der Waals surface area contributed by atoms with Gasteiger partial charge in [-0.1, -0.05) is 0 Å². The van der Waals surface area contributed by atoms with Crippen LogP contribution in [0.15, 0.2) is 16.7 Å². The second-order valence-corrected chi connectivity index (χ2v) is 3.40. The van der Waals surface area contributed by atoms with Crippen molar-refractivity contribution in [3.8, 4) is 6.07 Å². The summed E-state index contributed by atoms with van der Waals surface area (Å²) in [5.74, 6) is 1.19. The van der Waals surface area contributed by atoms with Crippen LogP contribution < -0.4 is 0 Å². The van der Waals surface area contributed by atoms with E-state index in [0.717, 1.165) is 5.39 Å². The van der Waals surface area contributed by atoms with E-state index < -0.39 is 0 Å². The smallest absolute Gasteiger partial charge is 0.231 e. The molecule has 16 heavy (non-hydrogen) atoms. The minimum atomic E-state index is 0.195. The molecule has 0 fully saturated rings. The van der Waals surface area contributed by atoms with Crippen molar-refractivity contribution in [2.24, 2.45) is 0 Å². The lowest BCUT2D eigenvalue weighted by Gasteiger charge is -1.96. The molecule has 0 saturated heterocycles. The van der Waals surface area contributed by atoms with Crippen molar-refractivity contribution < 1.29 is 4.42 Å². The van der Waals surface area contributed by atoms with Gasteiger partial charge >= 0.3 is 0 Å². The van der Waals surface area contributed by atoms with Crippen molar-refractivity contribution in [1.29, 1.82) is 5.26 Å². The fourth-order valence-electron chi connectivity index (χ4n) is 1.65. The molecule has 3 aromatic rings. The molecular weight excluding hydrogens is 206 g/mol. The van der Waals surface area contributed by atoms with E-state index in [1.54, 1.807) is 16.8 Å². The Hall–Kier alpha value is -2.42. The summed E-state index contributed by atoms with van der Waals surface area (Å²) in [5.41, 5.74) is 1.22. The fraction of sp³-hybridized carbons (Fsp3) is 0.200. The van der Waals surface area contributed by atoms with Crippen molar-refractivity contribution >= 4 is 16.7 Å². The van der Waals surface area contributed by atoms with Gasteiger partial charge in [0.05, 0.1) is 24.1 Å². The fourth-order valence-corrected chi connectivity index (χ4v) is 1.65. The minimum absolute atomic E-state index is 0.195. The molecule has 0 aliphatic carbocycles. The first-order valence-corrected chi connectivity index (χ1v) is 4.76. The molecule has 0 aliphatic heterocycles. The second kappa shape index (κ2) is 3.03. The van der Waals surface area contributed by atoms with E-state index in [1.807, 2.05) is 13.0 Å². The molecule has 0 saturated carbocycles. The summed E-state index contributed by atoms with van der Waals surface area (Å²) in [6.07, 6.45) is 1.76. The summed E-state index contributed by atoms with van der Waals surface area (Å²) in [5, 5.41) is 13.6. The number of hydrogen-bond acceptors (Lipinski definition) is 5. The van der Waals surface area contributed by atoms with Gasteiger partial charge in [-0.25, -0.2) is 4.98 Å². The number of fused-ring (bicyclic) bond motifs is 3. The van der Waals surface area contributed by atoms with E-state index in [4.69, 9.17) is 9.68 Å². The second-order valence-electron chi connectivity index (χ2n) is 3.40. The summed E-state index contributed by atoms with van der Waals surface area (Å²) < 4.78 is 6.85. The monoisotopic (exact) mass is 213 g/mol. The van der Waals surface area contributed by atoms with Crippen LogP contribution >= 0.6 is 0 Å². The van der Waals surface area contributed by atoms with Crippen LogP contribution in [0.5, 0.6) is 0 Å². The number of hydrogen-bond donors (Lipinski definition) is 0. The van der Waals surface area contributed by atoms with Gasteiger partial charge in [0.2, 0.25) is 5.71 Å². The molecule has 0 spiro atoms. The Morgan fingerprint density at radius 1 is 1.50 bits per heavy atom. The average molecular weight is 213 g/mol. The highest BCUT2D eigenvalue weighted by Gasteiger charge is 2.12. The number of furan rings is 1. The van der Waals surface area contributed by atoms with Gasteiger partial charge in [-0.15, -0.1) is 5.10 Å². The number of nitriles is 1. The highest BCUT2D eigenvalue weighted by Crippen LogP contribution is 2.18. The van der Waals surface area contributed by atoms with Gasteiger partial charge in [-0.3, -0.25) is 0 Å². The third-order valence-corrected chi connectivity index (χ3v) is 2.34. The van der Waals surface area contributed by atoms with Crippen molar-refractivity contribution in [2.45, 2.75) is 13.3 Å². The van der Waals surface area contributed by atoms with Gasteiger partial charge in [-0.05, 0) is 13.0 Å². The third kappa shape index (κ3) is 1.08. The van der Waals surface area contributed by atoms with Gasteiger partial charge in [-0.2, -0.15) is 14.8 Å². The third-order valence-electron chi connectivity index (χ3n) is 2.34. The van der Waals surface area contributed by atoms with E-state index >= 15 is 0 Å². The normalized spacial score (nSPS) is 11.0. The Bertz CT molecular complexity index is 718. The maximum Gasteiger partial charge on any atom is 0.231 e. The maximum absolute atomic E-state index is 8.61. The lowest BCUT2D eigenvalue weighted by atomic mass is 10.4. The van der Waals surface area contributed by atoms with Gasteiger partial charge < -0.3 is 4.42 Å². The van der Waals surface area contributed by atoms with E-state index in [9.17, 15) is 0 Å². The van der Waals surface area contributed by atoms with Crippen molar-refractivity contribution in [3.63, 3.8) is 0 Å². The Morgan fingerprint density at radius 2 is 2.38 bits per heavy atom. The average Bonchev–Trinajstić information content (AvgIpc) is 2.83. The molecule has 0 amide bonds. The molecule has 6 nitrogen and oxygen atoms in total. The van der Waals surface area contributed by atoms with Gasteiger partial charge in [0.25, 0.3) is 0 Å². The van der Waals surface area contributed by atoms with Crippen LogP contribution in [0, 0.1) is 18.3 Å². The summed E-state index contributed by atoms with van der Waals surface area (Å²) in [4.78, 5) is 8.54. The molecule has 6 heteroatoms. The molecule has 3 heterocycles. The summed E-state index contributed by atoms with van der Waals surface area (Å²) in [6, 6.07) is 3.82. The lowest BCUT2D eigenvalue weighted by Crippen LogP contribution is -1.97. The molecule has 0 aliphatic rings. The largest absolute Gasteiger partial charge is 0.446 e. The van der Waals surface area contributed by atoms with Crippen LogP contribution in [0.4, 0.5) is 0 Å². The predicted molar refractivity (Wildman–Crippen MR) is 54.6 cm³/mol. The van der Waals surface area contributed by atoms with Crippen molar-refractivity contribution in [1.82, 2.24) is 19.6 Å². The molecule has 0 N–H and O–H groups in total. The van der Waals surface area contributed by atoms with E-state index in [2.05, 4.69) is 15.1 Å². The highest BCUT2D eigenvalue weighted by molar-refractivity contribution is 5.87. The molecule has 0 bridgehead atoms. The molecule has 3 rings (SSSR count). The first-order valence-electron chi connectivity index (χ1n) is 4.76. The zero-order chi connectivity index (χ0) is 11.1. The molecule has 0 radical (unpaired) electrons. The molecule has 0 atom stereocenters. The SMILES string of the molecule is Cc1nc2occc2c2nc(CC#N)nn12. The Morgan fingerprint density at radius 3 is 3.19 bits per heavy atom. The van der Waals surface area contributed by atoms with Crippen molar-refractivity contribution in [2.75, 3.05) is 0 Å². The molecule has 3 aromatic heterocycles. The molecule has 78 valence electrons. The molecule has 0 aromatic carbocycles. The number of rotatable bonds is 1. The number of aryl methyl sites for hydroxylation is 1. The summed E-state index contributed by atoms with van der Waals surface area (Å²) >= 11 is 0. The van der Waals surface area contributed by atoms with Crippen LogP contribution in [0.3, 0.4) is 0 Å². The van der Waals surface area contributed by atoms with Crippen LogP contribution in [0.2, 0.25) is 0 Å². The first-order chi connectivity index (χ1) is 7.79. The van der Waals surface area contributed by atoms with Crippen molar-refractivity contribution in [3.05, 3.63) is 24.0 Å². The van der Waals surface area contributed by atoms with E-state index in [0.29, 0.717) is 23.0 Å². The standard InChI is InChI=1S/C10H7N5O/c1-6-12-10-7(3-5-16-10)9-13-8(2-4-11)14-15(6)9/h3,5H,2H2,1H3. The zero-order valence-corrected chi connectivity index (χ0v) is 8.51. The lowest BCUT2D eigenvalue weighted by molar-refractivity contribution is 0.599. The summed E-state index contributed by atoms with van der Waals surface area (Å²) in [7, 11) is 0.